The summed E-state index contributed by atoms with van der Waals surface area (Å²) in [7, 11) is 1.71. The molecule has 1 heterocycles. The third-order valence-electron chi connectivity index (χ3n) is 3.61. The Kier molecular flexibility index (Phi) is 4.23. The van der Waals surface area contributed by atoms with Crippen molar-refractivity contribution in [2.24, 2.45) is 5.73 Å². The van der Waals surface area contributed by atoms with Crippen molar-refractivity contribution < 1.29 is 4.74 Å². The molecule has 0 atom stereocenters. The lowest BCUT2D eigenvalue weighted by Crippen LogP contribution is -2.29. The summed E-state index contributed by atoms with van der Waals surface area (Å²) in [6.07, 6.45) is 2.56. The molecule has 0 bridgehead atoms. The third-order valence-corrected chi connectivity index (χ3v) is 4.66. The van der Waals surface area contributed by atoms with Crippen molar-refractivity contribution in [3.8, 4) is 5.75 Å². The predicted molar refractivity (Wildman–Crippen MR) is 79.5 cm³/mol. The van der Waals surface area contributed by atoms with Gasteiger partial charge in [-0.3, -0.25) is 0 Å². The number of benzene rings is 1. The van der Waals surface area contributed by atoms with Gasteiger partial charge < -0.3 is 10.5 Å². The van der Waals surface area contributed by atoms with E-state index in [4.69, 9.17) is 10.5 Å². The van der Waals surface area contributed by atoms with Gasteiger partial charge in [0.05, 0.1) is 7.11 Å². The molecule has 0 aromatic heterocycles. The molecule has 1 aliphatic rings. The second kappa shape index (κ2) is 5.54. The van der Waals surface area contributed by atoms with E-state index >= 15 is 0 Å². The number of hydrogen-bond acceptors (Lipinski definition) is 3. The smallest absolute Gasteiger partial charge is 0.123 e. The first-order chi connectivity index (χ1) is 8.52. The Bertz CT molecular complexity index is 405. The SMILES string of the molecule is COc1ccc(C2CCSCC2)cc1C(C)(C)N. The molecule has 0 unspecified atom stereocenters. The van der Waals surface area contributed by atoms with Crippen molar-refractivity contribution in [1.29, 1.82) is 0 Å². The van der Waals surface area contributed by atoms with Gasteiger partial charge in [-0.05, 0) is 61.8 Å². The molecule has 0 aliphatic carbocycles. The fourth-order valence-electron chi connectivity index (χ4n) is 2.51. The average Bonchev–Trinajstić information content (AvgIpc) is 2.38. The first-order valence-electron chi connectivity index (χ1n) is 6.57. The molecule has 0 amide bonds. The Morgan fingerprint density at radius 1 is 1.28 bits per heavy atom. The van der Waals surface area contributed by atoms with Crippen LogP contribution in [0.15, 0.2) is 18.2 Å². The summed E-state index contributed by atoms with van der Waals surface area (Å²) in [5.74, 6) is 4.14. The molecule has 0 saturated carbocycles. The fourth-order valence-corrected chi connectivity index (χ4v) is 3.62. The van der Waals surface area contributed by atoms with E-state index in [2.05, 4.69) is 30.0 Å². The first kappa shape index (κ1) is 13.8. The van der Waals surface area contributed by atoms with Crippen LogP contribution in [0.5, 0.6) is 5.75 Å². The summed E-state index contributed by atoms with van der Waals surface area (Å²) < 4.78 is 5.43. The quantitative estimate of drug-likeness (QED) is 0.908. The van der Waals surface area contributed by atoms with Crippen molar-refractivity contribution in [2.45, 2.75) is 38.1 Å². The van der Waals surface area contributed by atoms with E-state index in [1.165, 1.54) is 29.9 Å². The minimum absolute atomic E-state index is 0.356. The molecule has 1 aliphatic heterocycles. The zero-order valence-corrected chi connectivity index (χ0v) is 12.3. The topological polar surface area (TPSA) is 35.2 Å². The van der Waals surface area contributed by atoms with Crippen molar-refractivity contribution in [1.82, 2.24) is 0 Å². The zero-order chi connectivity index (χ0) is 13.2. The molecule has 1 fully saturated rings. The lowest BCUT2D eigenvalue weighted by molar-refractivity contribution is 0.394. The number of nitrogens with two attached hydrogens (primary N) is 1. The van der Waals surface area contributed by atoms with Crippen LogP contribution in [0.2, 0.25) is 0 Å². The molecule has 18 heavy (non-hydrogen) atoms. The highest BCUT2D eigenvalue weighted by atomic mass is 32.2. The monoisotopic (exact) mass is 265 g/mol. The summed E-state index contributed by atoms with van der Waals surface area (Å²) >= 11 is 2.06. The summed E-state index contributed by atoms with van der Waals surface area (Å²) in [6.45, 7) is 4.07. The lowest BCUT2D eigenvalue weighted by Gasteiger charge is -2.26. The molecular weight excluding hydrogens is 242 g/mol. The highest BCUT2D eigenvalue weighted by molar-refractivity contribution is 7.99. The van der Waals surface area contributed by atoms with Crippen LogP contribution in [-0.4, -0.2) is 18.6 Å². The van der Waals surface area contributed by atoms with Gasteiger partial charge in [0.15, 0.2) is 0 Å². The van der Waals surface area contributed by atoms with Gasteiger partial charge in [0.1, 0.15) is 5.75 Å². The van der Waals surface area contributed by atoms with Crippen LogP contribution in [0.3, 0.4) is 0 Å². The van der Waals surface area contributed by atoms with E-state index in [0.29, 0.717) is 5.92 Å². The first-order valence-corrected chi connectivity index (χ1v) is 7.73. The van der Waals surface area contributed by atoms with Gasteiger partial charge >= 0.3 is 0 Å². The molecule has 3 heteroatoms. The Morgan fingerprint density at radius 2 is 1.94 bits per heavy atom. The maximum Gasteiger partial charge on any atom is 0.123 e. The summed E-state index contributed by atoms with van der Waals surface area (Å²) in [5.41, 5.74) is 8.42. The second-order valence-electron chi connectivity index (χ2n) is 5.57. The molecule has 1 saturated heterocycles. The van der Waals surface area contributed by atoms with Crippen molar-refractivity contribution in [3.63, 3.8) is 0 Å². The Morgan fingerprint density at radius 3 is 2.50 bits per heavy atom. The van der Waals surface area contributed by atoms with Crippen LogP contribution in [0.25, 0.3) is 0 Å². The maximum atomic E-state index is 6.25. The molecule has 100 valence electrons. The largest absolute Gasteiger partial charge is 0.496 e. The Hall–Kier alpha value is -0.670. The molecular formula is C15H23NOS. The molecule has 1 aromatic rings. The summed E-state index contributed by atoms with van der Waals surface area (Å²) in [6, 6.07) is 6.52. The van der Waals surface area contributed by atoms with E-state index in [1.54, 1.807) is 7.11 Å². The van der Waals surface area contributed by atoms with Crippen molar-refractivity contribution in [3.05, 3.63) is 29.3 Å². The van der Waals surface area contributed by atoms with Gasteiger partial charge in [-0.15, -0.1) is 0 Å². The lowest BCUT2D eigenvalue weighted by atomic mass is 9.87. The third kappa shape index (κ3) is 3.01. The number of ether oxygens (including phenoxy) is 1. The van der Waals surface area contributed by atoms with E-state index in [0.717, 1.165) is 11.3 Å². The molecule has 0 spiro atoms. The Labute approximate surface area is 114 Å². The standard InChI is InChI=1S/C15H23NOS/c1-15(2,16)13-10-12(4-5-14(13)17-3)11-6-8-18-9-7-11/h4-5,10-11H,6-9,16H2,1-3H3. The number of rotatable bonds is 3. The van der Waals surface area contributed by atoms with E-state index in [-0.39, 0.29) is 5.54 Å². The fraction of sp³-hybridized carbons (Fsp3) is 0.600. The summed E-state index contributed by atoms with van der Waals surface area (Å²) in [5, 5.41) is 0. The zero-order valence-electron chi connectivity index (χ0n) is 11.5. The van der Waals surface area contributed by atoms with E-state index in [9.17, 15) is 0 Å². The molecule has 2 nitrogen and oxygen atoms in total. The van der Waals surface area contributed by atoms with Crippen molar-refractivity contribution >= 4 is 11.8 Å². The molecule has 2 N–H and O–H groups in total. The van der Waals surface area contributed by atoms with Gasteiger partial charge in [0, 0.05) is 11.1 Å². The van der Waals surface area contributed by atoms with Crippen LogP contribution in [-0.2, 0) is 5.54 Å². The average molecular weight is 265 g/mol. The van der Waals surface area contributed by atoms with Gasteiger partial charge in [0.25, 0.3) is 0 Å². The number of hydrogen-bond donors (Lipinski definition) is 1. The van der Waals surface area contributed by atoms with Gasteiger partial charge in [-0.25, -0.2) is 0 Å². The second-order valence-corrected chi connectivity index (χ2v) is 6.79. The highest BCUT2D eigenvalue weighted by Crippen LogP contribution is 2.36. The van der Waals surface area contributed by atoms with Crippen LogP contribution < -0.4 is 10.5 Å². The van der Waals surface area contributed by atoms with Crippen LogP contribution in [0.1, 0.15) is 43.7 Å². The molecule has 2 rings (SSSR count). The normalized spacial score (nSPS) is 17.8. The minimum atomic E-state index is -0.356. The van der Waals surface area contributed by atoms with Gasteiger partial charge in [-0.2, -0.15) is 11.8 Å². The van der Waals surface area contributed by atoms with E-state index in [1.807, 2.05) is 13.8 Å². The molecule has 0 radical (unpaired) electrons. The van der Waals surface area contributed by atoms with Gasteiger partial charge in [-0.1, -0.05) is 6.07 Å². The van der Waals surface area contributed by atoms with E-state index < -0.39 is 0 Å². The predicted octanol–water partition coefficient (Wildman–Crippen LogP) is 3.50. The summed E-state index contributed by atoms with van der Waals surface area (Å²) in [4.78, 5) is 0. The minimum Gasteiger partial charge on any atom is -0.496 e. The van der Waals surface area contributed by atoms with Gasteiger partial charge in [0.2, 0.25) is 0 Å². The highest BCUT2D eigenvalue weighted by Gasteiger charge is 2.22. The Balaban J connectivity index is 2.33. The van der Waals surface area contributed by atoms with Crippen molar-refractivity contribution in [2.75, 3.05) is 18.6 Å². The van der Waals surface area contributed by atoms with Crippen LogP contribution in [0.4, 0.5) is 0 Å². The number of thioether (sulfide) groups is 1. The van der Waals surface area contributed by atoms with Crippen LogP contribution >= 0.6 is 11.8 Å². The maximum absolute atomic E-state index is 6.25. The van der Waals surface area contributed by atoms with Crippen LogP contribution in [0, 0.1) is 0 Å². The number of methoxy groups -OCH3 is 1. The molecule has 1 aromatic carbocycles.